The summed E-state index contributed by atoms with van der Waals surface area (Å²) in [6.07, 6.45) is 0. The molecule has 0 spiro atoms. The molecule has 0 bridgehead atoms. The van der Waals surface area contributed by atoms with Gasteiger partial charge in [0.25, 0.3) is 0 Å². The highest BCUT2D eigenvalue weighted by atomic mass is 32.1. The molecule has 2 amide bonds. The molecule has 5 nitrogen and oxygen atoms in total. The zero-order chi connectivity index (χ0) is 21.1. The van der Waals surface area contributed by atoms with E-state index in [2.05, 4.69) is 66.0 Å². The van der Waals surface area contributed by atoms with E-state index in [4.69, 9.17) is 4.98 Å². The zero-order valence-corrected chi connectivity index (χ0v) is 19.4. The van der Waals surface area contributed by atoms with Gasteiger partial charge in [-0.1, -0.05) is 39.0 Å². The van der Waals surface area contributed by atoms with Crippen LogP contribution in [0.25, 0.3) is 10.6 Å². The Bertz CT molecular complexity index is 966. The van der Waals surface area contributed by atoms with E-state index in [1.165, 1.54) is 10.4 Å². The summed E-state index contributed by atoms with van der Waals surface area (Å²) in [6, 6.07) is 12.3. The minimum Gasteiger partial charge on any atom is -0.322 e. The summed E-state index contributed by atoms with van der Waals surface area (Å²) < 4.78 is 0. The third-order valence-corrected chi connectivity index (χ3v) is 7.07. The second-order valence-corrected chi connectivity index (χ2v) is 10.5. The topological polar surface area (TPSA) is 48.5 Å². The van der Waals surface area contributed by atoms with Crippen molar-refractivity contribution in [3.63, 3.8) is 0 Å². The molecule has 3 heterocycles. The third-order valence-electron chi connectivity index (χ3n) is 5.35. The summed E-state index contributed by atoms with van der Waals surface area (Å²) in [5.41, 5.74) is 3.29. The first-order valence-corrected chi connectivity index (χ1v) is 12.0. The average Bonchev–Trinajstić information content (AvgIpc) is 3.40. The van der Waals surface area contributed by atoms with E-state index < -0.39 is 0 Å². The number of urea groups is 1. The highest BCUT2D eigenvalue weighted by Crippen LogP contribution is 2.27. The maximum absolute atomic E-state index is 12.6. The summed E-state index contributed by atoms with van der Waals surface area (Å²) in [6.45, 7) is 10.6. The molecule has 4 rings (SSSR count). The van der Waals surface area contributed by atoms with Gasteiger partial charge >= 0.3 is 6.03 Å². The molecule has 2 aromatic heterocycles. The summed E-state index contributed by atoms with van der Waals surface area (Å²) in [7, 11) is 0. The number of anilines is 1. The van der Waals surface area contributed by atoms with Gasteiger partial charge in [0.1, 0.15) is 5.01 Å². The molecule has 1 aliphatic rings. The maximum Gasteiger partial charge on any atom is 0.321 e. The molecule has 1 aliphatic heterocycles. The Balaban J connectivity index is 1.26. The number of thiophene rings is 1. The molecule has 1 aromatic carbocycles. The Hall–Kier alpha value is -2.22. The van der Waals surface area contributed by atoms with E-state index in [0.29, 0.717) is 0 Å². The molecule has 0 saturated carbocycles. The normalized spacial score (nSPS) is 15.4. The average molecular weight is 441 g/mol. The Morgan fingerprint density at radius 3 is 2.43 bits per heavy atom. The lowest BCUT2D eigenvalue weighted by molar-refractivity contribution is 0.143. The maximum atomic E-state index is 12.6. The van der Waals surface area contributed by atoms with Crippen LogP contribution in [0.5, 0.6) is 0 Å². The van der Waals surface area contributed by atoms with Crippen molar-refractivity contribution in [3.05, 3.63) is 57.7 Å². The van der Waals surface area contributed by atoms with E-state index in [-0.39, 0.29) is 11.4 Å². The lowest BCUT2D eigenvalue weighted by Gasteiger charge is -2.34. The first kappa shape index (κ1) is 21.0. The van der Waals surface area contributed by atoms with Gasteiger partial charge in [0.2, 0.25) is 0 Å². The van der Waals surface area contributed by atoms with Crippen LogP contribution in [-0.2, 0) is 12.0 Å². The lowest BCUT2D eigenvalue weighted by Crippen LogP contribution is -2.49. The number of hydrogen-bond acceptors (Lipinski definition) is 5. The van der Waals surface area contributed by atoms with Gasteiger partial charge in [-0.15, -0.1) is 22.7 Å². The van der Waals surface area contributed by atoms with Crippen molar-refractivity contribution in [2.24, 2.45) is 0 Å². The van der Waals surface area contributed by atoms with Crippen molar-refractivity contribution in [1.29, 1.82) is 0 Å². The van der Waals surface area contributed by atoms with Crippen LogP contribution >= 0.6 is 22.7 Å². The van der Waals surface area contributed by atoms with Crippen LogP contribution < -0.4 is 5.32 Å². The minimum atomic E-state index is -0.0209. The van der Waals surface area contributed by atoms with E-state index in [0.717, 1.165) is 49.1 Å². The molecule has 0 aliphatic carbocycles. The highest BCUT2D eigenvalue weighted by molar-refractivity contribution is 7.14. The Morgan fingerprint density at radius 1 is 1.07 bits per heavy atom. The van der Waals surface area contributed by atoms with Crippen LogP contribution in [0, 0.1) is 0 Å². The fraction of sp³-hybridized carbons (Fsp3) is 0.391. The molecule has 7 heteroatoms. The lowest BCUT2D eigenvalue weighted by atomic mass is 9.87. The van der Waals surface area contributed by atoms with Crippen LogP contribution in [-0.4, -0.2) is 47.0 Å². The van der Waals surface area contributed by atoms with E-state index in [1.807, 2.05) is 17.0 Å². The van der Waals surface area contributed by atoms with Gasteiger partial charge in [0.15, 0.2) is 0 Å². The number of thiazole rings is 1. The molecule has 30 heavy (non-hydrogen) atoms. The quantitative estimate of drug-likeness (QED) is 0.581. The van der Waals surface area contributed by atoms with Crippen LogP contribution in [0.2, 0.25) is 0 Å². The highest BCUT2D eigenvalue weighted by Gasteiger charge is 2.22. The van der Waals surface area contributed by atoms with E-state index in [9.17, 15) is 4.79 Å². The van der Waals surface area contributed by atoms with Crippen molar-refractivity contribution in [3.8, 4) is 10.6 Å². The monoisotopic (exact) mass is 440 g/mol. The summed E-state index contributed by atoms with van der Waals surface area (Å²) in [5.74, 6) is 0. The summed E-state index contributed by atoms with van der Waals surface area (Å²) >= 11 is 3.43. The number of benzene rings is 1. The zero-order valence-electron chi connectivity index (χ0n) is 17.7. The molecular weight excluding hydrogens is 412 g/mol. The van der Waals surface area contributed by atoms with Crippen LogP contribution in [0.3, 0.4) is 0 Å². The number of hydrogen-bond donors (Lipinski definition) is 1. The Kier molecular flexibility index (Phi) is 6.22. The van der Waals surface area contributed by atoms with Crippen LogP contribution in [0.4, 0.5) is 10.5 Å². The molecular formula is C23H28N4OS2. The van der Waals surface area contributed by atoms with Crippen molar-refractivity contribution in [1.82, 2.24) is 14.8 Å². The number of rotatable bonds is 4. The van der Waals surface area contributed by atoms with Gasteiger partial charge in [-0.3, -0.25) is 4.90 Å². The van der Waals surface area contributed by atoms with Gasteiger partial charge < -0.3 is 10.2 Å². The minimum absolute atomic E-state index is 0.0209. The molecule has 1 fully saturated rings. The molecule has 158 valence electrons. The SMILES string of the molecule is CC(C)(C)c1ccc(NC(=O)N2CCN(Cc3nc(-c4cccs4)cs3)CC2)cc1. The number of carbonyl (C=O) groups excluding carboxylic acids is 1. The summed E-state index contributed by atoms with van der Waals surface area (Å²) in [4.78, 5) is 22.9. The van der Waals surface area contributed by atoms with Gasteiger partial charge in [-0.05, 0) is 34.6 Å². The molecule has 0 unspecified atom stereocenters. The second-order valence-electron chi connectivity index (χ2n) is 8.62. The largest absolute Gasteiger partial charge is 0.322 e. The van der Waals surface area contributed by atoms with Gasteiger partial charge in [0.05, 0.1) is 17.1 Å². The predicted octanol–water partition coefficient (Wildman–Crippen LogP) is 5.52. The van der Waals surface area contributed by atoms with Gasteiger partial charge in [0, 0.05) is 37.2 Å². The fourth-order valence-electron chi connectivity index (χ4n) is 3.48. The van der Waals surface area contributed by atoms with E-state index in [1.54, 1.807) is 22.7 Å². The number of amides is 2. The summed E-state index contributed by atoms with van der Waals surface area (Å²) in [5, 5.41) is 8.38. The molecule has 1 N–H and O–H groups in total. The number of nitrogens with one attached hydrogen (secondary N) is 1. The Morgan fingerprint density at radius 2 is 1.80 bits per heavy atom. The number of nitrogens with zero attached hydrogens (tertiary/aromatic N) is 3. The molecule has 1 saturated heterocycles. The Labute approximate surface area is 186 Å². The molecule has 3 aromatic rings. The number of carbonyl (C=O) groups is 1. The predicted molar refractivity (Wildman–Crippen MR) is 126 cm³/mol. The van der Waals surface area contributed by atoms with Gasteiger partial charge in [-0.25, -0.2) is 9.78 Å². The smallest absolute Gasteiger partial charge is 0.321 e. The van der Waals surface area contributed by atoms with Crippen molar-refractivity contribution in [2.75, 3.05) is 31.5 Å². The first-order chi connectivity index (χ1) is 14.4. The van der Waals surface area contributed by atoms with Crippen molar-refractivity contribution < 1.29 is 4.79 Å². The number of aromatic nitrogens is 1. The third kappa shape index (κ3) is 5.09. The van der Waals surface area contributed by atoms with Crippen molar-refractivity contribution >= 4 is 34.4 Å². The first-order valence-electron chi connectivity index (χ1n) is 10.3. The van der Waals surface area contributed by atoms with Gasteiger partial charge in [-0.2, -0.15) is 0 Å². The van der Waals surface area contributed by atoms with Crippen LogP contribution in [0.1, 0.15) is 31.3 Å². The molecule has 0 radical (unpaired) electrons. The van der Waals surface area contributed by atoms with Crippen molar-refractivity contribution in [2.45, 2.75) is 32.7 Å². The fourth-order valence-corrected chi connectivity index (χ4v) is 5.07. The number of piperazine rings is 1. The van der Waals surface area contributed by atoms with Crippen LogP contribution in [0.15, 0.2) is 47.2 Å². The second kappa shape index (κ2) is 8.88. The van der Waals surface area contributed by atoms with E-state index >= 15 is 0 Å². The standard InChI is InChI=1S/C23H28N4OS2/c1-23(2,3)17-6-8-18(9-7-17)24-22(28)27-12-10-26(11-13-27)15-21-25-19(16-30-21)20-5-4-14-29-20/h4-9,14,16H,10-13,15H2,1-3H3,(H,24,28). The molecule has 0 atom stereocenters.